The largest absolute Gasteiger partial charge is 0.330 e. The molecule has 0 heterocycles. The standard InChI is InChI=1S/C10H17NO/c1-10(2)5-3-9(12)7-8(10)4-6-11/h3,5,8H,4,6-7,11H2,1-2H3. The van der Waals surface area contributed by atoms with Crippen molar-refractivity contribution in [3.63, 3.8) is 0 Å². The van der Waals surface area contributed by atoms with Crippen molar-refractivity contribution in [1.82, 2.24) is 0 Å². The summed E-state index contributed by atoms with van der Waals surface area (Å²) in [5.41, 5.74) is 5.64. The summed E-state index contributed by atoms with van der Waals surface area (Å²) in [6.45, 7) is 5.00. The quantitative estimate of drug-likeness (QED) is 0.677. The number of hydrogen-bond donors (Lipinski definition) is 1. The van der Waals surface area contributed by atoms with Gasteiger partial charge in [0.2, 0.25) is 0 Å². The predicted molar refractivity (Wildman–Crippen MR) is 49.7 cm³/mol. The average molecular weight is 167 g/mol. The number of allylic oxidation sites excluding steroid dienone is 2. The minimum atomic E-state index is 0.146. The lowest BCUT2D eigenvalue weighted by Crippen LogP contribution is -2.29. The fourth-order valence-electron chi connectivity index (χ4n) is 1.69. The van der Waals surface area contributed by atoms with E-state index in [0.29, 0.717) is 18.9 Å². The van der Waals surface area contributed by atoms with Gasteiger partial charge in [-0.25, -0.2) is 0 Å². The second kappa shape index (κ2) is 3.40. The van der Waals surface area contributed by atoms with Crippen LogP contribution in [-0.2, 0) is 4.79 Å². The Morgan fingerprint density at radius 3 is 2.92 bits per heavy atom. The molecule has 2 heteroatoms. The number of carbonyl (C=O) groups is 1. The van der Waals surface area contributed by atoms with Crippen LogP contribution in [0.4, 0.5) is 0 Å². The van der Waals surface area contributed by atoms with Crippen LogP contribution in [0.3, 0.4) is 0 Å². The lowest BCUT2D eigenvalue weighted by Gasteiger charge is -2.33. The third-order valence-corrected chi connectivity index (χ3v) is 2.71. The van der Waals surface area contributed by atoms with E-state index >= 15 is 0 Å². The molecule has 0 aliphatic heterocycles. The molecule has 0 radical (unpaired) electrons. The first-order chi connectivity index (χ1) is 5.56. The van der Waals surface area contributed by atoms with Crippen molar-refractivity contribution < 1.29 is 4.79 Å². The van der Waals surface area contributed by atoms with E-state index in [0.717, 1.165) is 6.42 Å². The summed E-state index contributed by atoms with van der Waals surface area (Å²) in [5.74, 6) is 0.674. The van der Waals surface area contributed by atoms with Crippen LogP contribution in [0.15, 0.2) is 12.2 Å². The van der Waals surface area contributed by atoms with Crippen LogP contribution in [-0.4, -0.2) is 12.3 Å². The molecule has 68 valence electrons. The van der Waals surface area contributed by atoms with Crippen molar-refractivity contribution in [2.24, 2.45) is 17.1 Å². The number of hydrogen-bond acceptors (Lipinski definition) is 2. The molecule has 2 nitrogen and oxygen atoms in total. The summed E-state index contributed by atoms with van der Waals surface area (Å²) in [4.78, 5) is 11.1. The van der Waals surface area contributed by atoms with Crippen LogP contribution in [0.25, 0.3) is 0 Å². The van der Waals surface area contributed by atoms with Gasteiger partial charge < -0.3 is 5.73 Å². The molecule has 0 fully saturated rings. The minimum absolute atomic E-state index is 0.146. The van der Waals surface area contributed by atoms with Crippen LogP contribution >= 0.6 is 0 Å². The van der Waals surface area contributed by atoms with Crippen LogP contribution < -0.4 is 5.73 Å². The molecular formula is C10H17NO. The van der Waals surface area contributed by atoms with Crippen LogP contribution in [0.5, 0.6) is 0 Å². The molecule has 0 saturated carbocycles. The number of rotatable bonds is 2. The number of nitrogens with two attached hydrogens (primary N) is 1. The molecule has 0 aromatic heterocycles. The Bertz CT molecular complexity index is 206. The first-order valence-electron chi connectivity index (χ1n) is 4.48. The summed E-state index contributed by atoms with van der Waals surface area (Å²) in [5, 5.41) is 0. The van der Waals surface area contributed by atoms with Gasteiger partial charge in [-0.2, -0.15) is 0 Å². The maximum absolute atomic E-state index is 11.1. The Labute approximate surface area is 73.8 Å². The lowest BCUT2D eigenvalue weighted by atomic mass is 9.71. The van der Waals surface area contributed by atoms with Gasteiger partial charge in [-0.3, -0.25) is 4.79 Å². The van der Waals surface area contributed by atoms with E-state index in [9.17, 15) is 4.79 Å². The zero-order valence-electron chi connectivity index (χ0n) is 7.84. The fraction of sp³-hybridized carbons (Fsp3) is 0.700. The van der Waals surface area contributed by atoms with Crippen molar-refractivity contribution in [3.05, 3.63) is 12.2 Å². The van der Waals surface area contributed by atoms with Gasteiger partial charge in [-0.1, -0.05) is 19.9 Å². The SMILES string of the molecule is CC1(C)C=CC(=O)CC1CCN. The van der Waals surface area contributed by atoms with E-state index in [-0.39, 0.29) is 11.2 Å². The Morgan fingerprint density at radius 2 is 2.33 bits per heavy atom. The van der Waals surface area contributed by atoms with E-state index < -0.39 is 0 Å². The number of ketones is 1. The molecule has 0 bridgehead atoms. The third-order valence-electron chi connectivity index (χ3n) is 2.71. The molecule has 1 aliphatic carbocycles. The van der Waals surface area contributed by atoms with Gasteiger partial charge in [0.05, 0.1) is 0 Å². The Balaban J connectivity index is 2.72. The van der Waals surface area contributed by atoms with E-state index in [2.05, 4.69) is 13.8 Å². The van der Waals surface area contributed by atoms with E-state index in [1.54, 1.807) is 6.08 Å². The van der Waals surface area contributed by atoms with Gasteiger partial charge >= 0.3 is 0 Å². The predicted octanol–water partition coefficient (Wildman–Crippen LogP) is 1.51. The van der Waals surface area contributed by atoms with Gasteiger partial charge in [0.1, 0.15) is 0 Å². The van der Waals surface area contributed by atoms with Crippen molar-refractivity contribution in [1.29, 1.82) is 0 Å². The Hall–Kier alpha value is -0.630. The van der Waals surface area contributed by atoms with Crippen molar-refractivity contribution >= 4 is 5.78 Å². The molecule has 0 saturated heterocycles. The molecule has 0 aromatic carbocycles. The summed E-state index contributed by atoms with van der Waals surface area (Å²) in [6.07, 6.45) is 5.33. The van der Waals surface area contributed by atoms with Crippen molar-refractivity contribution in [2.75, 3.05) is 6.54 Å². The highest BCUT2D eigenvalue weighted by molar-refractivity contribution is 5.90. The highest BCUT2D eigenvalue weighted by atomic mass is 16.1. The maximum atomic E-state index is 11.1. The Morgan fingerprint density at radius 1 is 1.67 bits per heavy atom. The summed E-state index contributed by atoms with van der Waals surface area (Å²) < 4.78 is 0. The molecule has 2 N–H and O–H groups in total. The molecule has 1 aliphatic rings. The fourth-order valence-corrected chi connectivity index (χ4v) is 1.69. The van der Waals surface area contributed by atoms with Crippen molar-refractivity contribution in [2.45, 2.75) is 26.7 Å². The van der Waals surface area contributed by atoms with Crippen molar-refractivity contribution in [3.8, 4) is 0 Å². The highest BCUT2D eigenvalue weighted by Crippen LogP contribution is 2.36. The maximum Gasteiger partial charge on any atom is 0.155 e. The Kier molecular flexibility index (Phi) is 2.68. The first kappa shape index (κ1) is 9.46. The van der Waals surface area contributed by atoms with Gasteiger partial charge in [0.25, 0.3) is 0 Å². The smallest absolute Gasteiger partial charge is 0.155 e. The molecule has 0 spiro atoms. The zero-order valence-corrected chi connectivity index (χ0v) is 7.84. The molecule has 1 unspecified atom stereocenters. The molecule has 1 atom stereocenters. The summed E-state index contributed by atoms with van der Waals surface area (Å²) in [7, 11) is 0. The normalized spacial score (nSPS) is 27.6. The van der Waals surface area contributed by atoms with Gasteiger partial charge in [0.15, 0.2) is 5.78 Å². The van der Waals surface area contributed by atoms with Gasteiger partial charge in [-0.15, -0.1) is 0 Å². The van der Waals surface area contributed by atoms with Crippen LogP contribution in [0.2, 0.25) is 0 Å². The average Bonchev–Trinajstić information content (AvgIpc) is 1.98. The van der Waals surface area contributed by atoms with E-state index in [4.69, 9.17) is 5.73 Å². The molecular weight excluding hydrogens is 150 g/mol. The van der Waals surface area contributed by atoms with Gasteiger partial charge in [0, 0.05) is 6.42 Å². The lowest BCUT2D eigenvalue weighted by molar-refractivity contribution is -0.116. The first-order valence-corrected chi connectivity index (χ1v) is 4.48. The molecule has 0 aromatic rings. The topological polar surface area (TPSA) is 43.1 Å². The van der Waals surface area contributed by atoms with E-state index in [1.807, 2.05) is 6.08 Å². The van der Waals surface area contributed by atoms with Crippen LogP contribution in [0.1, 0.15) is 26.7 Å². The monoisotopic (exact) mass is 167 g/mol. The molecule has 1 rings (SSSR count). The second-order valence-corrected chi connectivity index (χ2v) is 4.10. The third kappa shape index (κ3) is 1.95. The highest BCUT2D eigenvalue weighted by Gasteiger charge is 2.30. The summed E-state index contributed by atoms with van der Waals surface area (Å²) >= 11 is 0. The molecule has 12 heavy (non-hydrogen) atoms. The minimum Gasteiger partial charge on any atom is -0.330 e. The molecule has 0 amide bonds. The zero-order chi connectivity index (χ0) is 9.19. The van der Waals surface area contributed by atoms with Crippen LogP contribution in [0, 0.1) is 11.3 Å². The van der Waals surface area contributed by atoms with E-state index in [1.165, 1.54) is 0 Å². The second-order valence-electron chi connectivity index (χ2n) is 4.10. The number of carbonyl (C=O) groups excluding carboxylic acids is 1. The van der Waals surface area contributed by atoms with Gasteiger partial charge in [-0.05, 0) is 30.4 Å². The summed E-state index contributed by atoms with van der Waals surface area (Å²) in [6, 6.07) is 0.